The fraction of sp³-hybridized carbons (Fsp3) is 0.333. The van der Waals surface area contributed by atoms with Crippen LogP contribution in [0.5, 0.6) is 0 Å². The minimum atomic E-state index is -0.539. The molecular weight excluding hydrogens is 380 g/mol. The summed E-state index contributed by atoms with van der Waals surface area (Å²) in [6.45, 7) is 4.18. The molecular formula is C21H25ClN2O2S. The number of benzene rings is 2. The highest BCUT2D eigenvalue weighted by molar-refractivity contribution is 7.99. The Morgan fingerprint density at radius 2 is 1.74 bits per heavy atom. The Morgan fingerprint density at radius 1 is 1.11 bits per heavy atom. The third kappa shape index (κ3) is 6.01. The summed E-state index contributed by atoms with van der Waals surface area (Å²) in [5, 5.41) is 3.33. The fourth-order valence-electron chi connectivity index (χ4n) is 2.71. The second-order valence-corrected chi connectivity index (χ2v) is 7.72. The van der Waals surface area contributed by atoms with Crippen molar-refractivity contribution in [1.29, 1.82) is 0 Å². The minimum Gasteiger partial charge on any atom is -0.357 e. The van der Waals surface area contributed by atoms with Crippen LogP contribution in [0, 0.1) is 6.92 Å². The van der Waals surface area contributed by atoms with Crippen LogP contribution in [0.25, 0.3) is 0 Å². The molecule has 0 aliphatic carbocycles. The quantitative estimate of drug-likeness (QED) is 0.722. The van der Waals surface area contributed by atoms with Crippen molar-refractivity contribution in [1.82, 2.24) is 10.2 Å². The number of carbonyl (C=O) groups is 2. The lowest BCUT2D eigenvalue weighted by Crippen LogP contribution is -2.47. The highest BCUT2D eigenvalue weighted by Crippen LogP contribution is 2.22. The van der Waals surface area contributed by atoms with Crippen LogP contribution < -0.4 is 5.32 Å². The molecule has 27 heavy (non-hydrogen) atoms. The van der Waals surface area contributed by atoms with Crippen molar-refractivity contribution >= 4 is 35.2 Å². The molecule has 2 aromatic rings. The Bertz CT molecular complexity index is 797. The molecule has 0 bridgehead atoms. The zero-order valence-corrected chi connectivity index (χ0v) is 17.4. The van der Waals surface area contributed by atoms with Crippen LogP contribution in [-0.4, -0.2) is 35.6 Å². The van der Waals surface area contributed by atoms with Gasteiger partial charge in [-0.05, 0) is 36.6 Å². The molecule has 1 N–H and O–H groups in total. The Kier molecular flexibility index (Phi) is 8.20. The molecule has 0 unspecified atom stereocenters. The second kappa shape index (κ2) is 10.4. The van der Waals surface area contributed by atoms with Gasteiger partial charge in [0.15, 0.2) is 0 Å². The molecule has 2 rings (SSSR count). The number of nitrogens with zero attached hydrogens (tertiary/aromatic N) is 1. The van der Waals surface area contributed by atoms with Crippen molar-refractivity contribution in [3.63, 3.8) is 0 Å². The van der Waals surface area contributed by atoms with Gasteiger partial charge in [-0.3, -0.25) is 9.59 Å². The predicted molar refractivity (Wildman–Crippen MR) is 113 cm³/mol. The van der Waals surface area contributed by atoms with Gasteiger partial charge >= 0.3 is 0 Å². The van der Waals surface area contributed by atoms with E-state index in [0.717, 1.165) is 16.7 Å². The number of hydrogen-bond donors (Lipinski definition) is 1. The van der Waals surface area contributed by atoms with Crippen LogP contribution in [0.2, 0.25) is 5.02 Å². The normalized spacial score (nSPS) is 11.7. The van der Waals surface area contributed by atoms with Gasteiger partial charge < -0.3 is 10.2 Å². The standard InChI is InChI=1S/C21H25ClN2O2S/c1-15-8-4-5-9-17(15)12-24(16(2)21(26)23-3)20(25)14-27-13-18-10-6-7-11-19(18)22/h4-11,16H,12-14H2,1-3H3,(H,23,26)/t16-/m0/s1. The van der Waals surface area contributed by atoms with Gasteiger partial charge in [-0.2, -0.15) is 0 Å². The molecule has 2 aromatic carbocycles. The highest BCUT2D eigenvalue weighted by atomic mass is 35.5. The number of carbonyl (C=O) groups excluding carboxylic acids is 2. The van der Waals surface area contributed by atoms with E-state index in [2.05, 4.69) is 5.32 Å². The van der Waals surface area contributed by atoms with Crippen molar-refractivity contribution < 1.29 is 9.59 Å². The third-order valence-electron chi connectivity index (χ3n) is 4.46. The zero-order chi connectivity index (χ0) is 19.8. The van der Waals surface area contributed by atoms with Crippen LogP contribution in [0.15, 0.2) is 48.5 Å². The number of halogens is 1. The minimum absolute atomic E-state index is 0.0635. The van der Waals surface area contributed by atoms with Crippen LogP contribution in [0.1, 0.15) is 23.6 Å². The third-order valence-corrected chi connectivity index (χ3v) is 5.79. The van der Waals surface area contributed by atoms with E-state index >= 15 is 0 Å². The first-order chi connectivity index (χ1) is 12.9. The number of hydrogen-bond acceptors (Lipinski definition) is 3. The molecule has 0 radical (unpaired) electrons. The van der Waals surface area contributed by atoms with Gasteiger partial charge in [0.05, 0.1) is 5.75 Å². The first-order valence-corrected chi connectivity index (χ1v) is 10.3. The summed E-state index contributed by atoms with van der Waals surface area (Å²) in [6.07, 6.45) is 0. The van der Waals surface area contributed by atoms with Crippen LogP contribution >= 0.6 is 23.4 Å². The number of aryl methyl sites for hydroxylation is 1. The summed E-state index contributed by atoms with van der Waals surface area (Å²) in [6, 6.07) is 15.0. The largest absolute Gasteiger partial charge is 0.357 e. The van der Waals surface area contributed by atoms with Gasteiger partial charge in [0.25, 0.3) is 0 Å². The topological polar surface area (TPSA) is 49.4 Å². The number of nitrogens with one attached hydrogen (secondary N) is 1. The molecule has 0 aliphatic rings. The lowest BCUT2D eigenvalue weighted by molar-refractivity contribution is -0.138. The molecule has 2 amide bonds. The average Bonchev–Trinajstić information content (AvgIpc) is 2.67. The molecule has 0 saturated heterocycles. The molecule has 0 aromatic heterocycles. The van der Waals surface area contributed by atoms with Gasteiger partial charge in [-0.25, -0.2) is 0 Å². The Balaban J connectivity index is 2.07. The lowest BCUT2D eigenvalue weighted by atomic mass is 10.1. The van der Waals surface area contributed by atoms with Crippen LogP contribution in [0.4, 0.5) is 0 Å². The number of likely N-dealkylation sites (N-methyl/N-ethyl adjacent to an activating group) is 1. The monoisotopic (exact) mass is 404 g/mol. The van der Waals surface area contributed by atoms with Crippen molar-refractivity contribution in [2.24, 2.45) is 0 Å². The van der Waals surface area contributed by atoms with E-state index < -0.39 is 6.04 Å². The smallest absolute Gasteiger partial charge is 0.242 e. The van der Waals surface area contributed by atoms with Crippen molar-refractivity contribution in [2.45, 2.75) is 32.2 Å². The maximum absolute atomic E-state index is 12.9. The number of rotatable bonds is 8. The van der Waals surface area contributed by atoms with Crippen molar-refractivity contribution in [3.05, 3.63) is 70.2 Å². The molecule has 0 spiro atoms. The van der Waals surface area contributed by atoms with Gasteiger partial charge in [-0.1, -0.05) is 54.1 Å². The van der Waals surface area contributed by atoms with E-state index in [9.17, 15) is 9.59 Å². The summed E-state index contributed by atoms with van der Waals surface area (Å²) in [4.78, 5) is 26.7. The van der Waals surface area contributed by atoms with Gasteiger partial charge in [-0.15, -0.1) is 11.8 Å². The SMILES string of the molecule is CNC(=O)[C@H](C)N(Cc1ccccc1C)C(=O)CSCc1ccccc1Cl. The summed E-state index contributed by atoms with van der Waals surface area (Å²) in [5.41, 5.74) is 3.14. The molecule has 0 fully saturated rings. The van der Waals surface area contributed by atoms with Gasteiger partial charge in [0.2, 0.25) is 11.8 Å². The van der Waals surface area contributed by atoms with E-state index in [1.54, 1.807) is 18.9 Å². The van der Waals surface area contributed by atoms with Crippen LogP contribution in [-0.2, 0) is 21.9 Å². The number of amides is 2. The Morgan fingerprint density at radius 3 is 2.37 bits per heavy atom. The fourth-order valence-corrected chi connectivity index (χ4v) is 3.91. The predicted octanol–water partition coefficient (Wildman–Crippen LogP) is 4.04. The molecule has 0 saturated carbocycles. The second-order valence-electron chi connectivity index (χ2n) is 6.32. The first-order valence-electron chi connectivity index (χ1n) is 8.80. The summed E-state index contributed by atoms with van der Waals surface area (Å²) < 4.78 is 0. The van der Waals surface area contributed by atoms with Gasteiger partial charge in [0.1, 0.15) is 6.04 Å². The van der Waals surface area contributed by atoms with Gasteiger partial charge in [0, 0.05) is 24.4 Å². The van der Waals surface area contributed by atoms with Crippen molar-refractivity contribution in [3.8, 4) is 0 Å². The highest BCUT2D eigenvalue weighted by Gasteiger charge is 2.25. The van der Waals surface area contributed by atoms with E-state index in [1.165, 1.54) is 11.8 Å². The summed E-state index contributed by atoms with van der Waals surface area (Å²) in [5.74, 6) is 0.704. The Hall–Kier alpha value is -1.98. The van der Waals surface area contributed by atoms with Crippen molar-refractivity contribution in [2.75, 3.05) is 12.8 Å². The van der Waals surface area contributed by atoms with E-state index in [0.29, 0.717) is 23.1 Å². The molecule has 144 valence electrons. The summed E-state index contributed by atoms with van der Waals surface area (Å²) >= 11 is 7.68. The molecule has 4 nitrogen and oxygen atoms in total. The molecule has 1 atom stereocenters. The molecule has 0 heterocycles. The maximum atomic E-state index is 12.9. The summed E-state index contributed by atoms with van der Waals surface area (Å²) in [7, 11) is 1.58. The average molecular weight is 405 g/mol. The van der Waals surface area contributed by atoms with Crippen LogP contribution in [0.3, 0.4) is 0 Å². The lowest BCUT2D eigenvalue weighted by Gasteiger charge is -2.29. The Labute approximate surface area is 170 Å². The number of thioether (sulfide) groups is 1. The zero-order valence-electron chi connectivity index (χ0n) is 15.9. The van der Waals surface area contributed by atoms with E-state index in [1.807, 2.05) is 55.5 Å². The van der Waals surface area contributed by atoms with E-state index in [4.69, 9.17) is 11.6 Å². The van der Waals surface area contributed by atoms with E-state index in [-0.39, 0.29) is 11.8 Å². The molecule has 6 heteroatoms. The first kappa shape index (κ1) is 21.3. The molecule has 0 aliphatic heterocycles. The maximum Gasteiger partial charge on any atom is 0.242 e.